The quantitative estimate of drug-likeness (QED) is 0.704. The van der Waals surface area contributed by atoms with E-state index in [-0.39, 0.29) is 16.8 Å². The van der Waals surface area contributed by atoms with Crippen molar-refractivity contribution in [3.63, 3.8) is 0 Å². The summed E-state index contributed by atoms with van der Waals surface area (Å²) in [5.74, 6) is -0.00990. The van der Waals surface area contributed by atoms with Crippen LogP contribution in [-0.2, 0) is 10.0 Å². The van der Waals surface area contributed by atoms with Crippen molar-refractivity contribution in [3.05, 3.63) is 54.4 Å². The standard InChI is InChI=1S/C20H22N4O3S/c1-14-5-2-3-12-24(14)20(25)15-7-9-16(10-8-15)23-28(26,27)18-13-22-19-17(18)6-4-11-21-19/h4,6-11,13-14,23H,2-3,5,12H2,1H3,(H,21,22)/t14-/m0/s1. The molecule has 0 spiro atoms. The fourth-order valence-corrected chi connectivity index (χ4v) is 4.83. The average Bonchev–Trinajstić information content (AvgIpc) is 3.13. The van der Waals surface area contributed by atoms with E-state index in [2.05, 4.69) is 21.6 Å². The Morgan fingerprint density at radius 1 is 1.21 bits per heavy atom. The van der Waals surface area contributed by atoms with Gasteiger partial charge in [-0.1, -0.05) is 0 Å². The molecule has 28 heavy (non-hydrogen) atoms. The van der Waals surface area contributed by atoms with E-state index < -0.39 is 10.0 Å². The summed E-state index contributed by atoms with van der Waals surface area (Å²) in [4.78, 5) is 21.7. The molecule has 0 saturated carbocycles. The first-order chi connectivity index (χ1) is 13.5. The van der Waals surface area contributed by atoms with E-state index in [0.29, 0.717) is 22.3 Å². The number of H-pyrrole nitrogens is 1. The maximum absolute atomic E-state index is 12.8. The van der Waals surface area contributed by atoms with Gasteiger partial charge in [-0.15, -0.1) is 0 Å². The Labute approximate surface area is 163 Å². The third-order valence-electron chi connectivity index (χ3n) is 5.15. The lowest BCUT2D eigenvalue weighted by atomic mass is 10.0. The molecule has 2 N–H and O–H groups in total. The number of aromatic nitrogens is 2. The number of likely N-dealkylation sites (tertiary alicyclic amines) is 1. The fraction of sp³-hybridized carbons (Fsp3) is 0.300. The summed E-state index contributed by atoms with van der Waals surface area (Å²) < 4.78 is 28.1. The van der Waals surface area contributed by atoms with Gasteiger partial charge in [-0.2, -0.15) is 0 Å². The molecule has 2 aromatic heterocycles. The Kier molecular flexibility index (Phi) is 4.80. The maximum atomic E-state index is 12.8. The summed E-state index contributed by atoms with van der Waals surface area (Å²) in [5, 5.41) is 0.529. The van der Waals surface area contributed by atoms with Crippen LogP contribution in [-0.4, -0.2) is 41.8 Å². The Hall–Kier alpha value is -2.87. The van der Waals surface area contributed by atoms with Gasteiger partial charge in [-0.05, 0) is 62.6 Å². The second-order valence-corrected chi connectivity index (χ2v) is 8.73. The minimum atomic E-state index is -3.78. The number of hydrogen-bond acceptors (Lipinski definition) is 4. The molecule has 1 saturated heterocycles. The van der Waals surface area contributed by atoms with Crippen molar-refractivity contribution >= 4 is 32.7 Å². The molecule has 3 heterocycles. The van der Waals surface area contributed by atoms with Gasteiger partial charge in [-0.25, -0.2) is 13.4 Å². The highest BCUT2D eigenvalue weighted by atomic mass is 32.2. The lowest BCUT2D eigenvalue weighted by Gasteiger charge is -2.33. The number of amides is 1. The van der Waals surface area contributed by atoms with Crippen molar-refractivity contribution in [1.29, 1.82) is 0 Å². The molecule has 1 amide bonds. The summed E-state index contributed by atoms with van der Waals surface area (Å²) >= 11 is 0. The predicted octanol–water partition coefficient (Wildman–Crippen LogP) is 3.38. The monoisotopic (exact) mass is 398 g/mol. The van der Waals surface area contributed by atoms with Gasteiger partial charge in [0.15, 0.2) is 0 Å². The second-order valence-electron chi connectivity index (χ2n) is 7.08. The smallest absolute Gasteiger partial charge is 0.264 e. The van der Waals surface area contributed by atoms with Crippen molar-refractivity contribution in [2.75, 3.05) is 11.3 Å². The number of sulfonamides is 1. The van der Waals surface area contributed by atoms with E-state index in [1.807, 2.05) is 4.90 Å². The highest BCUT2D eigenvalue weighted by Gasteiger charge is 2.24. The van der Waals surface area contributed by atoms with E-state index in [1.54, 1.807) is 42.6 Å². The number of anilines is 1. The van der Waals surface area contributed by atoms with Gasteiger partial charge >= 0.3 is 0 Å². The molecule has 7 nitrogen and oxygen atoms in total. The normalized spacial score (nSPS) is 17.6. The van der Waals surface area contributed by atoms with Crippen LogP contribution in [0.4, 0.5) is 5.69 Å². The second kappa shape index (κ2) is 7.27. The third kappa shape index (κ3) is 3.47. The molecule has 0 aliphatic carbocycles. The molecule has 146 valence electrons. The number of hydrogen-bond donors (Lipinski definition) is 2. The summed E-state index contributed by atoms with van der Waals surface area (Å²) in [5.41, 5.74) is 1.48. The van der Waals surface area contributed by atoms with Gasteiger partial charge in [0.25, 0.3) is 15.9 Å². The van der Waals surface area contributed by atoms with Crippen molar-refractivity contribution < 1.29 is 13.2 Å². The van der Waals surface area contributed by atoms with Crippen molar-refractivity contribution in [1.82, 2.24) is 14.9 Å². The highest BCUT2D eigenvalue weighted by Crippen LogP contribution is 2.24. The number of benzene rings is 1. The largest absolute Gasteiger partial charge is 0.345 e. The molecule has 0 radical (unpaired) electrons. The van der Waals surface area contributed by atoms with Crippen LogP contribution in [0.25, 0.3) is 11.0 Å². The lowest BCUT2D eigenvalue weighted by molar-refractivity contribution is 0.0635. The van der Waals surface area contributed by atoms with E-state index in [0.717, 1.165) is 25.8 Å². The van der Waals surface area contributed by atoms with Crippen LogP contribution in [0.3, 0.4) is 0 Å². The first-order valence-electron chi connectivity index (χ1n) is 9.32. The van der Waals surface area contributed by atoms with Crippen molar-refractivity contribution in [2.45, 2.75) is 37.1 Å². The minimum absolute atomic E-state index is 0.00990. The Morgan fingerprint density at radius 2 is 2.00 bits per heavy atom. The van der Waals surface area contributed by atoms with Crippen LogP contribution in [0.1, 0.15) is 36.5 Å². The van der Waals surface area contributed by atoms with Gasteiger partial charge in [0.05, 0.1) is 0 Å². The van der Waals surface area contributed by atoms with Gasteiger partial charge in [0, 0.05) is 41.6 Å². The van der Waals surface area contributed by atoms with Crippen LogP contribution in [0.5, 0.6) is 0 Å². The zero-order valence-electron chi connectivity index (χ0n) is 15.6. The number of aromatic amines is 1. The first kappa shape index (κ1) is 18.5. The Bertz CT molecular complexity index is 1110. The number of carbonyl (C=O) groups excluding carboxylic acids is 1. The molecule has 1 atom stereocenters. The average molecular weight is 398 g/mol. The molecule has 1 aliphatic heterocycles. The van der Waals surface area contributed by atoms with E-state index in [9.17, 15) is 13.2 Å². The third-order valence-corrected chi connectivity index (χ3v) is 6.57. The highest BCUT2D eigenvalue weighted by molar-refractivity contribution is 7.93. The number of carbonyl (C=O) groups is 1. The van der Waals surface area contributed by atoms with Gasteiger partial charge in [0.2, 0.25) is 0 Å². The predicted molar refractivity (Wildman–Crippen MR) is 108 cm³/mol. The molecular formula is C20H22N4O3S. The molecule has 3 aromatic rings. The number of fused-ring (bicyclic) bond motifs is 1. The molecule has 8 heteroatoms. The van der Waals surface area contributed by atoms with Crippen molar-refractivity contribution in [2.24, 2.45) is 0 Å². The molecular weight excluding hydrogens is 376 g/mol. The molecule has 1 aromatic carbocycles. The van der Waals surface area contributed by atoms with Crippen molar-refractivity contribution in [3.8, 4) is 0 Å². The van der Waals surface area contributed by atoms with Crippen LogP contribution in [0.15, 0.2) is 53.7 Å². The number of nitrogens with zero attached hydrogens (tertiary/aromatic N) is 2. The van der Waals surface area contributed by atoms with Gasteiger partial charge in [0.1, 0.15) is 10.5 Å². The van der Waals surface area contributed by atoms with Crippen LogP contribution in [0.2, 0.25) is 0 Å². The summed E-state index contributed by atoms with van der Waals surface area (Å²) in [6.07, 6.45) is 6.21. The SMILES string of the molecule is C[C@H]1CCCCN1C(=O)c1ccc(NS(=O)(=O)c2c[nH]c3ncccc23)cc1. The van der Waals surface area contributed by atoms with Gasteiger partial charge in [-0.3, -0.25) is 9.52 Å². The fourth-order valence-electron chi connectivity index (χ4n) is 3.61. The van der Waals surface area contributed by atoms with E-state index >= 15 is 0 Å². The summed E-state index contributed by atoms with van der Waals surface area (Å²) in [6, 6.07) is 10.2. The van der Waals surface area contributed by atoms with Crippen LogP contribution >= 0.6 is 0 Å². The van der Waals surface area contributed by atoms with Gasteiger partial charge < -0.3 is 9.88 Å². The number of piperidine rings is 1. The van der Waals surface area contributed by atoms with E-state index in [1.165, 1.54) is 6.20 Å². The minimum Gasteiger partial charge on any atom is -0.345 e. The van der Waals surface area contributed by atoms with E-state index in [4.69, 9.17) is 0 Å². The number of nitrogens with one attached hydrogen (secondary N) is 2. The van der Waals surface area contributed by atoms with Crippen LogP contribution < -0.4 is 4.72 Å². The first-order valence-corrected chi connectivity index (χ1v) is 10.8. The molecule has 1 fully saturated rings. The molecule has 0 unspecified atom stereocenters. The zero-order valence-corrected chi connectivity index (χ0v) is 16.4. The Morgan fingerprint density at radius 3 is 2.75 bits per heavy atom. The molecule has 4 rings (SSSR count). The Balaban J connectivity index is 1.53. The zero-order chi connectivity index (χ0) is 19.7. The maximum Gasteiger partial charge on any atom is 0.264 e. The number of rotatable bonds is 4. The van der Waals surface area contributed by atoms with Crippen LogP contribution in [0, 0.1) is 0 Å². The topological polar surface area (TPSA) is 95.2 Å². The molecule has 1 aliphatic rings. The summed E-state index contributed by atoms with van der Waals surface area (Å²) in [7, 11) is -3.78. The molecule has 0 bridgehead atoms. The lowest BCUT2D eigenvalue weighted by Crippen LogP contribution is -2.42. The summed E-state index contributed by atoms with van der Waals surface area (Å²) in [6.45, 7) is 2.83. The number of pyridine rings is 1.